The van der Waals surface area contributed by atoms with E-state index in [0.29, 0.717) is 12.2 Å². The van der Waals surface area contributed by atoms with Crippen molar-refractivity contribution in [2.24, 2.45) is 0 Å². The molecule has 0 saturated heterocycles. The molecule has 1 N–H and O–H groups in total. The van der Waals surface area contributed by atoms with E-state index in [1.54, 1.807) is 0 Å². The Morgan fingerprint density at radius 3 is 2.89 bits per heavy atom. The van der Waals surface area contributed by atoms with Gasteiger partial charge in [0.25, 0.3) is 0 Å². The number of hydrogen-bond acceptors (Lipinski definition) is 4. The average molecular weight is 256 g/mol. The summed E-state index contributed by atoms with van der Waals surface area (Å²) in [6.07, 6.45) is 1.71. The van der Waals surface area contributed by atoms with Crippen molar-refractivity contribution >= 4 is 5.97 Å². The van der Waals surface area contributed by atoms with Crippen LogP contribution in [-0.4, -0.2) is 24.3 Å². The number of aliphatic hydroxyl groups is 1. The maximum absolute atomic E-state index is 13.4. The van der Waals surface area contributed by atoms with E-state index in [9.17, 15) is 9.18 Å². The van der Waals surface area contributed by atoms with Crippen LogP contribution < -0.4 is 4.74 Å². The minimum absolute atomic E-state index is 0.104. The van der Waals surface area contributed by atoms with Gasteiger partial charge in [0.2, 0.25) is 0 Å². The first-order chi connectivity index (χ1) is 8.69. The predicted octanol–water partition coefficient (Wildman–Crippen LogP) is 2.04. The molecule has 4 nitrogen and oxygen atoms in total. The summed E-state index contributed by atoms with van der Waals surface area (Å²) in [6, 6.07) is 4.20. The lowest BCUT2D eigenvalue weighted by Gasteiger charge is -2.10. The van der Waals surface area contributed by atoms with Crippen LogP contribution in [0.3, 0.4) is 0 Å². The lowest BCUT2D eigenvalue weighted by molar-refractivity contribution is -0.146. The fourth-order valence-electron chi connectivity index (χ4n) is 1.34. The second-order valence-corrected chi connectivity index (χ2v) is 3.75. The van der Waals surface area contributed by atoms with E-state index in [1.807, 2.05) is 6.92 Å². The van der Waals surface area contributed by atoms with Crippen molar-refractivity contribution < 1.29 is 23.8 Å². The Morgan fingerprint density at radius 2 is 2.22 bits per heavy atom. The fourth-order valence-corrected chi connectivity index (χ4v) is 1.34. The van der Waals surface area contributed by atoms with Crippen LogP contribution in [0.1, 0.15) is 25.3 Å². The monoisotopic (exact) mass is 256 g/mol. The van der Waals surface area contributed by atoms with Gasteiger partial charge in [-0.1, -0.05) is 25.5 Å². The fraction of sp³-hybridized carbons (Fsp3) is 0.462. The molecule has 0 aliphatic carbocycles. The first-order valence-electron chi connectivity index (χ1n) is 5.85. The summed E-state index contributed by atoms with van der Waals surface area (Å²) in [6.45, 7) is 1.61. The molecule has 0 saturated carbocycles. The smallest absolute Gasteiger partial charge is 0.344 e. The van der Waals surface area contributed by atoms with Crippen molar-refractivity contribution in [2.75, 3.05) is 13.2 Å². The SMILES string of the molecule is CCCCOC(=O)COc1c(F)cccc1CO. The minimum Gasteiger partial charge on any atom is -0.478 e. The minimum atomic E-state index is -0.608. The Morgan fingerprint density at radius 1 is 1.44 bits per heavy atom. The third kappa shape index (κ3) is 4.33. The van der Waals surface area contributed by atoms with Gasteiger partial charge in [0.1, 0.15) is 0 Å². The molecule has 0 fully saturated rings. The van der Waals surface area contributed by atoms with E-state index in [1.165, 1.54) is 18.2 Å². The molecule has 0 atom stereocenters. The van der Waals surface area contributed by atoms with E-state index >= 15 is 0 Å². The zero-order valence-corrected chi connectivity index (χ0v) is 10.3. The zero-order chi connectivity index (χ0) is 13.4. The van der Waals surface area contributed by atoms with Gasteiger partial charge in [-0.15, -0.1) is 0 Å². The zero-order valence-electron chi connectivity index (χ0n) is 10.3. The number of unbranched alkanes of at least 4 members (excludes halogenated alkanes) is 1. The Labute approximate surface area is 105 Å². The molecule has 0 aliphatic heterocycles. The van der Waals surface area contributed by atoms with E-state index in [4.69, 9.17) is 14.6 Å². The van der Waals surface area contributed by atoms with Crippen LogP contribution in [0.4, 0.5) is 4.39 Å². The van der Waals surface area contributed by atoms with Gasteiger partial charge in [0.15, 0.2) is 18.2 Å². The highest BCUT2D eigenvalue weighted by atomic mass is 19.1. The Kier molecular flexibility index (Phi) is 6.14. The van der Waals surface area contributed by atoms with Gasteiger partial charge in [-0.2, -0.15) is 0 Å². The summed E-state index contributed by atoms with van der Waals surface area (Å²) in [5, 5.41) is 9.02. The molecule has 18 heavy (non-hydrogen) atoms. The summed E-state index contributed by atoms with van der Waals surface area (Å²) in [4.78, 5) is 11.3. The van der Waals surface area contributed by atoms with Crippen molar-refractivity contribution in [3.05, 3.63) is 29.6 Å². The van der Waals surface area contributed by atoms with Crippen LogP contribution in [0.15, 0.2) is 18.2 Å². The first kappa shape index (κ1) is 14.4. The molecule has 1 aromatic carbocycles. The van der Waals surface area contributed by atoms with Crippen molar-refractivity contribution in [3.63, 3.8) is 0 Å². The molecule has 0 aliphatic rings. The molecule has 1 aromatic rings. The lowest BCUT2D eigenvalue weighted by Crippen LogP contribution is -2.16. The highest BCUT2D eigenvalue weighted by Crippen LogP contribution is 2.22. The molecule has 1 rings (SSSR count). The predicted molar refractivity (Wildman–Crippen MR) is 63.7 cm³/mol. The van der Waals surface area contributed by atoms with Crippen LogP contribution in [-0.2, 0) is 16.1 Å². The topological polar surface area (TPSA) is 55.8 Å². The molecule has 0 bridgehead atoms. The molecule has 5 heteroatoms. The normalized spacial score (nSPS) is 10.2. The van der Waals surface area contributed by atoms with Gasteiger partial charge >= 0.3 is 5.97 Å². The van der Waals surface area contributed by atoms with Gasteiger partial charge < -0.3 is 14.6 Å². The molecular weight excluding hydrogens is 239 g/mol. The van der Waals surface area contributed by atoms with Crippen molar-refractivity contribution in [2.45, 2.75) is 26.4 Å². The molecule has 0 amide bonds. The summed E-state index contributed by atoms with van der Waals surface area (Å²) >= 11 is 0. The number of esters is 1. The number of carbonyl (C=O) groups is 1. The Bertz CT molecular complexity index is 393. The maximum atomic E-state index is 13.4. The van der Waals surface area contributed by atoms with Gasteiger partial charge in [-0.25, -0.2) is 9.18 Å². The second kappa shape index (κ2) is 7.66. The highest BCUT2D eigenvalue weighted by Gasteiger charge is 2.11. The summed E-state index contributed by atoms with van der Waals surface area (Å²) in [5.74, 6) is -1.26. The number of aliphatic hydroxyl groups excluding tert-OH is 1. The summed E-state index contributed by atoms with van der Waals surface area (Å²) in [7, 11) is 0. The molecule has 0 radical (unpaired) electrons. The van der Waals surface area contributed by atoms with Crippen LogP contribution >= 0.6 is 0 Å². The molecular formula is C13H17FO4. The number of benzene rings is 1. The summed E-state index contributed by atoms with van der Waals surface area (Å²) in [5.41, 5.74) is 0.302. The number of para-hydroxylation sites is 1. The number of carbonyl (C=O) groups excluding carboxylic acids is 1. The largest absolute Gasteiger partial charge is 0.478 e. The van der Waals surface area contributed by atoms with Gasteiger partial charge in [0, 0.05) is 5.56 Å². The number of hydrogen-bond donors (Lipinski definition) is 1. The maximum Gasteiger partial charge on any atom is 0.344 e. The second-order valence-electron chi connectivity index (χ2n) is 3.75. The number of halogens is 1. The van der Waals surface area contributed by atoms with E-state index in [0.717, 1.165) is 12.8 Å². The van der Waals surface area contributed by atoms with Gasteiger partial charge in [0.05, 0.1) is 13.2 Å². The lowest BCUT2D eigenvalue weighted by atomic mass is 10.2. The standard InChI is InChI=1S/C13H17FO4/c1-2-3-7-17-12(16)9-18-13-10(8-15)5-4-6-11(13)14/h4-6,15H,2-3,7-9H2,1H3. The van der Waals surface area contributed by atoms with Crippen LogP contribution in [0.25, 0.3) is 0 Å². The number of ether oxygens (including phenoxy) is 2. The third-order valence-electron chi connectivity index (χ3n) is 2.31. The van der Waals surface area contributed by atoms with E-state index in [-0.39, 0.29) is 19.0 Å². The van der Waals surface area contributed by atoms with E-state index in [2.05, 4.69) is 0 Å². The molecule has 0 heterocycles. The van der Waals surface area contributed by atoms with E-state index < -0.39 is 11.8 Å². The molecule has 0 unspecified atom stereocenters. The van der Waals surface area contributed by atoms with Crippen molar-refractivity contribution in [1.29, 1.82) is 0 Å². The molecule has 0 spiro atoms. The van der Waals surface area contributed by atoms with Crippen molar-refractivity contribution in [3.8, 4) is 5.75 Å². The van der Waals surface area contributed by atoms with Gasteiger partial charge in [-0.3, -0.25) is 0 Å². The Balaban J connectivity index is 2.50. The van der Waals surface area contributed by atoms with Crippen LogP contribution in [0.2, 0.25) is 0 Å². The van der Waals surface area contributed by atoms with Crippen LogP contribution in [0, 0.1) is 5.82 Å². The Hall–Kier alpha value is -1.62. The quantitative estimate of drug-likeness (QED) is 0.599. The molecule has 100 valence electrons. The van der Waals surface area contributed by atoms with Crippen LogP contribution in [0.5, 0.6) is 5.75 Å². The molecule has 0 aromatic heterocycles. The van der Waals surface area contributed by atoms with Crippen molar-refractivity contribution in [1.82, 2.24) is 0 Å². The highest BCUT2D eigenvalue weighted by molar-refractivity contribution is 5.71. The number of rotatable bonds is 7. The van der Waals surface area contributed by atoms with Gasteiger partial charge in [-0.05, 0) is 12.5 Å². The summed E-state index contributed by atoms with van der Waals surface area (Å²) < 4.78 is 23.3. The average Bonchev–Trinajstić information content (AvgIpc) is 2.37. The third-order valence-corrected chi connectivity index (χ3v) is 2.31. The first-order valence-corrected chi connectivity index (χ1v) is 5.85.